The average molecular weight is 506 g/mol. The van der Waals surface area contributed by atoms with E-state index in [2.05, 4.69) is 11.5 Å². The summed E-state index contributed by atoms with van der Waals surface area (Å²) in [6.07, 6.45) is 2.78. The molecular formula is C25H32FN3O3S2. The van der Waals surface area contributed by atoms with E-state index in [0.717, 1.165) is 42.0 Å². The molecule has 1 aliphatic rings. The van der Waals surface area contributed by atoms with Crippen LogP contribution in [0.5, 0.6) is 0 Å². The quantitative estimate of drug-likeness (QED) is 0.276. The minimum absolute atomic E-state index is 0.256. The number of hydrogen-bond donors (Lipinski definition) is 0. The Labute approximate surface area is 205 Å². The molecule has 1 fully saturated rings. The first kappa shape index (κ1) is 25.2. The zero-order chi connectivity index (χ0) is 24.1. The number of sulfonamides is 1. The third-order valence-electron chi connectivity index (χ3n) is 6.10. The van der Waals surface area contributed by atoms with E-state index in [1.54, 1.807) is 40.3 Å². The van der Waals surface area contributed by atoms with E-state index in [1.807, 2.05) is 13.0 Å². The summed E-state index contributed by atoms with van der Waals surface area (Å²) in [5, 5.41) is 0.817. The molecule has 6 nitrogen and oxygen atoms in total. The van der Waals surface area contributed by atoms with Gasteiger partial charge in [-0.3, -0.25) is 0 Å². The number of nitrogens with zero attached hydrogens (tertiary/aromatic N) is 3. The normalized spacial score (nSPS) is 17.4. The molecule has 2 aromatic carbocycles. The summed E-state index contributed by atoms with van der Waals surface area (Å²) in [7, 11) is -3.55. The molecule has 1 aliphatic heterocycles. The topological polar surface area (TPSA) is 64.4 Å². The van der Waals surface area contributed by atoms with Crippen molar-refractivity contribution < 1.29 is 17.5 Å². The summed E-state index contributed by atoms with van der Waals surface area (Å²) in [5.41, 5.74) is 2.58. The second-order valence-electron chi connectivity index (χ2n) is 8.77. The first-order chi connectivity index (χ1) is 16.4. The molecule has 2 heterocycles. The van der Waals surface area contributed by atoms with Crippen molar-refractivity contribution in [2.24, 2.45) is 5.92 Å². The lowest BCUT2D eigenvalue weighted by Crippen LogP contribution is -2.39. The summed E-state index contributed by atoms with van der Waals surface area (Å²) in [4.78, 5) is 5.10. The van der Waals surface area contributed by atoms with Crippen molar-refractivity contribution >= 4 is 32.8 Å². The third kappa shape index (κ3) is 5.82. The number of thioether (sulfide) groups is 1. The Bertz CT molecular complexity index is 1210. The third-order valence-corrected chi connectivity index (χ3v) is 9.01. The van der Waals surface area contributed by atoms with E-state index in [9.17, 15) is 12.8 Å². The van der Waals surface area contributed by atoms with Crippen molar-refractivity contribution in [1.29, 1.82) is 0 Å². The number of imidazole rings is 1. The van der Waals surface area contributed by atoms with E-state index < -0.39 is 10.0 Å². The van der Waals surface area contributed by atoms with Crippen molar-refractivity contribution in [2.75, 3.05) is 26.3 Å². The second kappa shape index (κ2) is 11.2. The number of halogens is 1. The number of piperidine rings is 1. The summed E-state index contributed by atoms with van der Waals surface area (Å²) in [6.45, 7) is 7.24. The molecule has 0 unspecified atom stereocenters. The smallest absolute Gasteiger partial charge is 0.243 e. The van der Waals surface area contributed by atoms with Crippen LogP contribution in [0, 0.1) is 11.7 Å². The molecule has 1 saturated heterocycles. The lowest BCUT2D eigenvalue weighted by atomic mass is 10.0. The fourth-order valence-corrected chi connectivity index (χ4v) is 6.90. The Morgan fingerprint density at radius 3 is 2.74 bits per heavy atom. The van der Waals surface area contributed by atoms with Crippen molar-refractivity contribution in [3.8, 4) is 0 Å². The fraction of sp³-hybridized carbons (Fsp3) is 0.480. The zero-order valence-electron chi connectivity index (χ0n) is 19.7. The molecule has 0 spiro atoms. The van der Waals surface area contributed by atoms with Gasteiger partial charge < -0.3 is 9.30 Å². The maximum absolute atomic E-state index is 13.3. The van der Waals surface area contributed by atoms with Gasteiger partial charge in [0.2, 0.25) is 10.0 Å². The van der Waals surface area contributed by atoms with Gasteiger partial charge in [0.05, 0.1) is 15.9 Å². The highest BCUT2D eigenvalue weighted by atomic mass is 32.2. The number of ether oxygens (including phenoxy) is 1. The van der Waals surface area contributed by atoms with E-state index in [-0.39, 0.29) is 5.82 Å². The Morgan fingerprint density at radius 1 is 1.21 bits per heavy atom. The maximum Gasteiger partial charge on any atom is 0.243 e. The van der Waals surface area contributed by atoms with Crippen molar-refractivity contribution in [1.82, 2.24) is 13.9 Å². The Morgan fingerprint density at radius 2 is 2.00 bits per heavy atom. The molecule has 184 valence electrons. The Hall–Kier alpha value is -1.94. The summed E-state index contributed by atoms with van der Waals surface area (Å²) < 4.78 is 49.1. The first-order valence-corrected chi connectivity index (χ1v) is 14.3. The summed E-state index contributed by atoms with van der Waals surface area (Å²) >= 11 is 1.57. The van der Waals surface area contributed by atoms with Gasteiger partial charge in [0.15, 0.2) is 5.16 Å². The van der Waals surface area contributed by atoms with E-state index >= 15 is 0 Å². The van der Waals surface area contributed by atoms with Crippen molar-refractivity contribution in [3.05, 3.63) is 53.8 Å². The molecular weight excluding hydrogens is 473 g/mol. The standard InChI is InChI=1S/C25H32FN3O3S2/c1-3-32-15-5-14-29-24-12-11-22(34(30,31)28-13-4-6-19(2)17-28)16-23(24)27-25(29)33-18-20-7-9-21(26)10-8-20/h7-12,16,19H,3-6,13-15,17-18H2,1-2H3/t19-/m1/s1. The minimum atomic E-state index is -3.55. The number of rotatable bonds is 10. The van der Waals surface area contributed by atoms with Gasteiger partial charge in [-0.15, -0.1) is 0 Å². The Kier molecular flexibility index (Phi) is 8.29. The van der Waals surface area contributed by atoms with Gasteiger partial charge in [-0.1, -0.05) is 30.8 Å². The van der Waals surface area contributed by atoms with Gasteiger partial charge in [-0.05, 0) is 68.0 Å². The van der Waals surface area contributed by atoms with Crippen LogP contribution in [-0.2, 0) is 27.1 Å². The second-order valence-corrected chi connectivity index (χ2v) is 11.7. The molecule has 0 bridgehead atoms. The number of aromatic nitrogens is 2. The number of fused-ring (bicyclic) bond motifs is 1. The molecule has 1 aromatic heterocycles. The molecule has 34 heavy (non-hydrogen) atoms. The lowest BCUT2D eigenvalue weighted by Gasteiger charge is -2.30. The van der Waals surface area contributed by atoms with Crippen LogP contribution in [0.3, 0.4) is 0 Å². The van der Waals surface area contributed by atoms with Gasteiger partial charge in [0.25, 0.3) is 0 Å². The van der Waals surface area contributed by atoms with Crippen LogP contribution in [0.15, 0.2) is 52.5 Å². The van der Waals surface area contributed by atoms with Crippen LogP contribution in [0.2, 0.25) is 0 Å². The highest BCUT2D eigenvalue weighted by molar-refractivity contribution is 7.98. The van der Waals surface area contributed by atoms with Crippen LogP contribution in [0.25, 0.3) is 11.0 Å². The summed E-state index contributed by atoms with van der Waals surface area (Å²) in [6, 6.07) is 11.7. The number of aryl methyl sites for hydroxylation is 1. The van der Waals surface area contributed by atoms with Crippen LogP contribution >= 0.6 is 11.8 Å². The molecule has 0 N–H and O–H groups in total. The monoisotopic (exact) mass is 505 g/mol. The predicted octanol–water partition coefficient (Wildman–Crippen LogP) is 5.31. The Balaban J connectivity index is 1.62. The molecule has 1 atom stereocenters. The van der Waals surface area contributed by atoms with Crippen LogP contribution in [-0.4, -0.2) is 48.6 Å². The fourth-order valence-electron chi connectivity index (χ4n) is 4.29. The van der Waals surface area contributed by atoms with Crippen LogP contribution in [0.1, 0.15) is 38.7 Å². The minimum Gasteiger partial charge on any atom is -0.382 e. The predicted molar refractivity (Wildman–Crippen MR) is 134 cm³/mol. The highest BCUT2D eigenvalue weighted by Crippen LogP contribution is 2.30. The molecule has 0 amide bonds. The molecule has 0 radical (unpaired) electrons. The maximum atomic E-state index is 13.3. The molecule has 4 rings (SSSR count). The van der Waals surface area contributed by atoms with Gasteiger partial charge in [0.1, 0.15) is 5.82 Å². The van der Waals surface area contributed by atoms with Crippen molar-refractivity contribution in [2.45, 2.75) is 55.5 Å². The molecule has 9 heteroatoms. The lowest BCUT2D eigenvalue weighted by molar-refractivity contribution is 0.141. The molecule has 0 saturated carbocycles. The van der Waals surface area contributed by atoms with E-state index in [0.29, 0.717) is 48.4 Å². The van der Waals surface area contributed by atoms with E-state index in [1.165, 1.54) is 12.1 Å². The van der Waals surface area contributed by atoms with Crippen LogP contribution in [0.4, 0.5) is 4.39 Å². The summed E-state index contributed by atoms with van der Waals surface area (Å²) in [5.74, 6) is 0.756. The van der Waals surface area contributed by atoms with Crippen molar-refractivity contribution in [3.63, 3.8) is 0 Å². The average Bonchev–Trinajstić information content (AvgIpc) is 3.18. The SMILES string of the molecule is CCOCCCn1c(SCc2ccc(F)cc2)nc2cc(S(=O)(=O)N3CCC[C@@H](C)C3)ccc21. The van der Waals surface area contributed by atoms with Crippen LogP contribution < -0.4 is 0 Å². The van der Waals surface area contributed by atoms with Gasteiger partial charge >= 0.3 is 0 Å². The van der Waals surface area contributed by atoms with Gasteiger partial charge in [0, 0.05) is 38.6 Å². The number of hydrogen-bond acceptors (Lipinski definition) is 5. The molecule has 3 aromatic rings. The van der Waals surface area contributed by atoms with Gasteiger partial charge in [-0.25, -0.2) is 17.8 Å². The van der Waals surface area contributed by atoms with E-state index in [4.69, 9.17) is 9.72 Å². The largest absolute Gasteiger partial charge is 0.382 e. The molecule has 0 aliphatic carbocycles. The number of benzene rings is 2. The van der Waals surface area contributed by atoms with Gasteiger partial charge in [-0.2, -0.15) is 4.31 Å². The highest BCUT2D eigenvalue weighted by Gasteiger charge is 2.29. The zero-order valence-corrected chi connectivity index (χ0v) is 21.4. The first-order valence-electron chi connectivity index (χ1n) is 11.8.